The normalized spacial score (nSPS) is 10.6. The van der Waals surface area contributed by atoms with Crippen molar-refractivity contribution in [2.24, 2.45) is 0 Å². The minimum atomic E-state index is -0.515. The zero-order valence-electron chi connectivity index (χ0n) is 13.6. The summed E-state index contributed by atoms with van der Waals surface area (Å²) in [6.07, 6.45) is 0. The van der Waals surface area contributed by atoms with E-state index in [-0.39, 0.29) is 5.76 Å². The van der Waals surface area contributed by atoms with E-state index in [4.69, 9.17) is 4.42 Å². The maximum atomic E-state index is 12.4. The van der Waals surface area contributed by atoms with E-state index < -0.39 is 11.9 Å². The van der Waals surface area contributed by atoms with Gasteiger partial charge in [0, 0.05) is 34.8 Å². The second-order valence-electron chi connectivity index (χ2n) is 5.11. The number of thioether (sulfide) groups is 1. The molecule has 0 radical (unpaired) electrons. The van der Waals surface area contributed by atoms with E-state index in [9.17, 15) is 9.59 Å². The molecule has 1 aromatic carbocycles. The van der Waals surface area contributed by atoms with Crippen molar-refractivity contribution < 1.29 is 14.0 Å². The quantitative estimate of drug-likeness (QED) is 0.480. The molecule has 7 nitrogen and oxygen atoms in total. The Labute approximate surface area is 152 Å². The Hall–Kier alpha value is -2.52. The number of aryl methyl sites for hydroxylation is 1. The van der Waals surface area contributed by atoms with Crippen LogP contribution in [0.15, 0.2) is 38.4 Å². The number of benzene rings is 1. The van der Waals surface area contributed by atoms with Gasteiger partial charge < -0.3 is 9.73 Å². The Morgan fingerprint density at radius 1 is 1.28 bits per heavy atom. The molecular formula is C16H16N4O3S2. The topological polar surface area (TPSA) is 96.3 Å². The van der Waals surface area contributed by atoms with Gasteiger partial charge in [-0.25, -0.2) is 15.2 Å². The highest BCUT2D eigenvalue weighted by molar-refractivity contribution is 8.00. The van der Waals surface area contributed by atoms with Crippen LogP contribution in [0.2, 0.25) is 0 Å². The molecule has 0 aliphatic rings. The van der Waals surface area contributed by atoms with Gasteiger partial charge in [-0.3, -0.25) is 10.2 Å². The zero-order valence-corrected chi connectivity index (χ0v) is 15.2. The lowest BCUT2D eigenvalue weighted by Crippen LogP contribution is -2.45. The van der Waals surface area contributed by atoms with E-state index in [0.717, 1.165) is 21.0 Å². The first kappa shape index (κ1) is 17.3. The highest BCUT2D eigenvalue weighted by atomic mass is 32.2. The van der Waals surface area contributed by atoms with E-state index in [1.165, 1.54) is 7.05 Å². The number of hydrazine groups is 1. The molecule has 9 heteroatoms. The van der Waals surface area contributed by atoms with Crippen LogP contribution in [0.1, 0.15) is 21.8 Å². The standard InChI is InChI=1S/C16H16N4O3S2/c1-9-7-24-16(18-9)25-8-11-10-5-3-4-6-12(10)23-13(11)14(21)19-20-15(22)17-2/h3-7H,8H2,1-2H3,(H,19,21)(H2,17,20,22). The Bertz CT molecular complexity index is 919. The fraction of sp³-hybridized carbons (Fsp3) is 0.188. The number of hydrogen-bond acceptors (Lipinski definition) is 6. The van der Waals surface area contributed by atoms with Gasteiger partial charge in [0.25, 0.3) is 0 Å². The van der Waals surface area contributed by atoms with Crippen molar-refractivity contribution in [3.8, 4) is 0 Å². The molecule has 0 saturated carbocycles. The smallest absolute Gasteiger partial charge is 0.333 e. The summed E-state index contributed by atoms with van der Waals surface area (Å²) >= 11 is 3.11. The third kappa shape index (κ3) is 3.94. The van der Waals surface area contributed by atoms with Gasteiger partial charge in [0.1, 0.15) is 9.92 Å². The molecule has 3 N–H and O–H groups in total. The molecular weight excluding hydrogens is 360 g/mol. The van der Waals surface area contributed by atoms with Crippen LogP contribution in [0.3, 0.4) is 0 Å². The van der Waals surface area contributed by atoms with Crippen molar-refractivity contribution in [2.45, 2.75) is 17.0 Å². The monoisotopic (exact) mass is 376 g/mol. The summed E-state index contributed by atoms with van der Waals surface area (Å²) in [6.45, 7) is 1.94. The summed E-state index contributed by atoms with van der Waals surface area (Å²) in [5.74, 6) is 0.205. The third-order valence-electron chi connectivity index (χ3n) is 3.36. The van der Waals surface area contributed by atoms with Crippen molar-refractivity contribution in [1.82, 2.24) is 21.2 Å². The highest BCUT2D eigenvalue weighted by Crippen LogP contribution is 2.33. The van der Waals surface area contributed by atoms with E-state index in [2.05, 4.69) is 21.2 Å². The van der Waals surface area contributed by atoms with Gasteiger partial charge in [-0.15, -0.1) is 11.3 Å². The first-order valence-electron chi connectivity index (χ1n) is 7.42. The fourth-order valence-electron chi connectivity index (χ4n) is 2.19. The third-order valence-corrected chi connectivity index (χ3v) is 5.52. The molecule has 3 rings (SSSR count). The maximum Gasteiger partial charge on any atom is 0.333 e. The molecule has 25 heavy (non-hydrogen) atoms. The minimum absolute atomic E-state index is 0.179. The number of fused-ring (bicyclic) bond motifs is 1. The largest absolute Gasteiger partial charge is 0.451 e. The number of aromatic nitrogens is 1. The van der Waals surface area contributed by atoms with E-state index >= 15 is 0 Å². The average molecular weight is 376 g/mol. The second-order valence-corrected chi connectivity index (χ2v) is 7.19. The van der Waals surface area contributed by atoms with Crippen molar-refractivity contribution >= 4 is 46.0 Å². The number of furan rings is 1. The molecule has 0 fully saturated rings. The summed E-state index contributed by atoms with van der Waals surface area (Å²) in [6, 6.07) is 6.94. The highest BCUT2D eigenvalue weighted by Gasteiger charge is 2.21. The second kappa shape index (κ2) is 7.58. The van der Waals surface area contributed by atoms with Crippen LogP contribution < -0.4 is 16.2 Å². The van der Waals surface area contributed by atoms with Crippen molar-refractivity contribution in [3.63, 3.8) is 0 Å². The first-order valence-corrected chi connectivity index (χ1v) is 9.28. The maximum absolute atomic E-state index is 12.4. The lowest BCUT2D eigenvalue weighted by Gasteiger charge is -2.06. The van der Waals surface area contributed by atoms with Gasteiger partial charge in [-0.2, -0.15) is 0 Å². The van der Waals surface area contributed by atoms with Crippen LogP contribution in [0.25, 0.3) is 11.0 Å². The van der Waals surface area contributed by atoms with E-state index in [0.29, 0.717) is 11.3 Å². The molecule has 3 aromatic rings. The number of para-hydroxylation sites is 1. The number of nitrogens with one attached hydrogen (secondary N) is 3. The Morgan fingerprint density at radius 2 is 2.08 bits per heavy atom. The molecule has 0 saturated heterocycles. The van der Waals surface area contributed by atoms with Crippen molar-refractivity contribution in [2.75, 3.05) is 7.05 Å². The van der Waals surface area contributed by atoms with Gasteiger partial charge in [0.15, 0.2) is 5.76 Å². The van der Waals surface area contributed by atoms with Crippen LogP contribution in [-0.2, 0) is 5.75 Å². The molecule has 0 spiro atoms. The van der Waals surface area contributed by atoms with Crippen LogP contribution >= 0.6 is 23.1 Å². The van der Waals surface area contributed by atoms with Gasteiger partial charge in [0.2, 0.25) is 0 Å². The van der Waals surface area contributed by atoms with Crippen molar-refractivity contribution in [3.05, 3.63) is 46.7 Å². The molecule has 0 aliphatic heterocycles. The molecule has 0 unspecified atom stereocenters. The van der Waals surface area contributed by atoms with E-state index in [1.807, 2.05) is 30.5 Å². The summed E-state index contributed by atoms with van der Waals surface area (Å²) in [5, 5.41) is 5.21. The van der Waals surface area contributed by atoms with Gasteiger partial charge >= 0.3 is 11.9 Å². The number of amides is 3. The first-order chi connectivity index (χ1) is 12.1. The lowest BCUT2D eigenvalue weighted by atomic mass is 10.1. The number of rotatable bonds is 4. The number of thiazole rings is 1. The molecule has 0 atom stereocenters. The molecule has 2 heterocycles. The van der Waals surface area contributed by atoms with Crippen LogP contribution in [0.4, 0.5) is 4.79 Å². The van der Waals surface area contributed by atoms with Gasteiger partial charge in [-0.1, -0.05) is 30.0 Å². The molecule has 130 valence electrons. The number of nitrogens with zero attached hydrogens (tertiary/aromatic N) is 1. The van der Waals surface area contributed by atoms with E-state index in [1.54, 1.807) is 29.2 Å². The predicted octanol–water partition coefficient (Wildman–Crippen LogP) is 3.06. The van der Waals surface area contributed by atoms with Gasteiger partial charge in [0.05, 0.1) is 0 Å². The van der Waals surface area contributed by atoms with Crippen molar-refractivity contribution in [1.29, 1.82) is 0 Å². The summed E-state index contributed by atoms with van der Waals surface area (Å²) in [4.78, 5) is 28.1. The zero-order chi connectivity index (χ0) is 17.8. The number of carbonyl (C=O) groups is 2. The summed E-state index contributed by atoms with van der Waals surface area (Å²) < 4.78 is 6.63. The van der Waals surface area contributed by atoms with Crippen LogP contribution in [-0.4, -0.2) is 24.0 Å². The predicted molar refractivity (Wildman–Crippen MR) is 97.7 cm³/mol. The number of hydrogen-bond donors (Lipinski definition) is 3. The number of carbonyl (C=O) groups excluding carboxylic acids is 2. The van der Waals surface area contributed by atoms with Crippen LogP contribution in [0, 0.1) is 6.92 Å². The minimum Gasteiger partial charge on any atom is -0.451 e. The summed E-state index contributed by atoms with van der Waals surface area (Å²) in [5.41, 5.74) is 6.95. The molecule has 0 aliphatic carbocycles. The summed E-state index contributed by atoms with van der Waals surface area (Å²) in [7, 11) is 1.46. The number of urea groups is 1. The molecule has 3 amide bonds. The molecule has 2 aromatic heterocycles. The Kier molecular flexibility index (Phi) is 5.25. The fourth-order valence-corrected chi connectivity index (χ4v) is 4.07. The molecule has 0 bridgehead atoms. The SMILES string of the molecule is CNC(=O)NNC(=O)c1oc2ccccc2c1CSc1nc(C)cs1. The average Bonchev–Trinajstić information content (AvgIpc) is 3.20. The Morgan fingerprint density at radius 3 is 2.80 bits per heavy atom. The van der Waals surface area contributed by atoms with Crippen LogP contribution in [0.5, 0.6) is 0 Å². The van der Waals surface area contributed by atoms with Gasteiger partial charge in [-0.05, 0) is 13.0 Å². The Balaban J connectivity index is 1.86. The lowest BCUT2D eigenvalue weighted by molar-refractivity contribution is 0.0910.